The summed E-state index contributed by atoms with van der Waals surface area (Å²) in [4.78, 5) is 12.2. The van der Waals surface area contributed by atoms with E-state index in [-0.39, 0.29) is 0 Å². The maximum absolute atomic E-state index is 2.44. The highest BCUT2D eigenvalue weighted by Gasteiger charge is 2.28. The van der Waals surface area contributed by atoms with E-state index >= 15 is 0 Å². The highest BCUT2D eigenvalue weighted by Crippen LogP contribution is 2.55. The second-order valence-corrected chi connectivity index (χ2v) is 21.0. The van der Waals surface area contributed by atoms with Gasteiger partial charge in [0.25, 0.3) is 0 Å². The van der Waals surface area contributed by atoms with Crippen LogP contribution in [0.3, 0.4) is 0 Å². The van der Waals surface area contributed by atoms with E-state index in [4.69, 9.17) is 0 Å². The lowest BCUT2D eigenvalue weighted by Crippen LogP contribution is -2.16. The van der Waals surface area contributed by atoms with Crippen molar-refractivity contribution in [3.05, 3.63) is 248 Å². The molecule has 342 valence electrons. The van der Waals surface area contributed by atoms with Gasteiger partial charge >= 0.3 is 0 Å². The van der Waals surface area contributed by atoms with E-state index < -0.39 is 0 Å². The van der Waals surface area contributed by atoms with Crippen LogP contribution in [0.4, 0.5) is 51.2 Å². The van der Waals surface area contributed by atoms with Crippen LogP contribution < -0.4 is 14.7 Å². The SMILES string of the molecule is c1ccc(-c2cccc(N3c4ccccc4Sc4cc(N(c5ccc(-c6cccc(C7CCCCC7)c6)cc5)c5ccc(-c6ccc7c(c6)Sc6ccccc6N7c6ccccc6)cc5)ccc43)c2)cc1. The Morgan fingerprint density at radius 2 is 0.761 bits per heavy atom. The average Bonchev–Trinajstić information content (AvgIpc) is 3.45. The van der Waals surface area contributed by atoms with Crippen LogP contribution in [0.1, 0.15) is 43.6 Å². The van der Waals surface area contributed by atoms with Crippen molar-refractivity contribution in [3.8, 4) is 33.4 Å². The minimum atomic E-state index is 0.666. The topological polar surface area (TPSA) is 9.72 Å². The molecule has 0 N–H and O–H groups in total. The Morgan fingerprint density at radius 3 is 1.42 bits per heavy atom. The van der Waals surface area contributed by atoms with Crippen LogP contribution in [0.5, 0.6) is 0 Å². The summed E-state index contributed by atoms with van der Waals surface area (Å²) in [5, 5.41) is 0. The number of nitrogens with zero attached hydrogens (tertiary/aromatic N) is 3. The first-order valence-electron chi connectivity index (χ1n) is 24.9. The van der Waals surface area contributed by atoms with Crippen LogP contribution in [0, 0.1) is 0 Å². The zero-order valence-corrected chi connectivity index (χ0v) is 41.0. The predicted octanol–water partition coefficient (Wildman–Crippen LogP) is 20.1. The Balaban J connectivity index is 0.880. The van der Waals surface area contributed by atoms with E-state index in [1.807, 2.05) is 23.5 Å². The maximum atomic E-state index is 2.44. The molecule has 1 saturated carbocycles. The van der Waals surface area contributed by atoms with E-state index in [0.717, 1.165) is 28.4 Å². The Kier molecular flexibility index (Phi) is 11.5. The van der Waals surface area contributed by atoms with Crippen molar-refractivity contribution in [2.24, 2.45) is 0 Å². The first-order chi connectivity index (χ1) is 35.2. The molecule has 10 aromatic carbocycles. The lowest BCUT2D eigenvalue weighted by atomic mass is 9.83. The fourth-order valence-corrected chi connectivity index (χ4v) is 13.1. The van der Waals surface area contributed by atoms with Gasteiger partial charge in [-0.05, 0) is 161 Å². The maximum Gasteiger partial charge on any atom is 0.0603 e. The molecule has 5 heteroatoms. The van der Waals surface area contributed by atoms with Crippen LogP contribution in [-0.4, -0.2) is 0 Å². The molecule has 13 rings (SSSR count). The van der Waals surface area contributed by atoms with Gasteiger partial charge in [0, 0.05) is 48.0 Å². The van der Waals surface area contributed by atoms with Gasteiger partial charge in [-0.3, -0.25) is 0 Å². The molecule has 3 aliphatic rings. The molecule has 2 heterocycles. The summed E-state index contributed by atoms with van der Waals surface area (Å²) in [7, 11) is 0. The first kappa shape index (κ1) is 43.3. The Bertz CT molecular complexity index is 3530. The number of para-hydroxylation sites is 3. The normalized spacial score (nSPS) is 14.0. The average molecular weight is 950 g/mol. The van der Waals surface area contributed by atoms with Gasteiger partial charge in [-0.25, -0.2) is 0 Å². The molecule has 0 atom stereocenters. The second kappa shape index (κ2) is 18.9. The quantitative estimate of drug-likeness (QED) is 0.142. The molecule has 0 saturated heterocycles. The van der Waals surface area contributed by atoms with Crippen molar-refractivity contribution in [1.29, 1.82) is 0 Å². The van der Waals surface area contributed by atoms with Crippen LogP contribution in [-0.2, 0) is 0 Å². The molecule has 10 aromatic rings. The number of hydrogen-bond donors (Lipinski definition) is 0. The Morgan fingerprint density at radius 1 is 0.310 bits per heavy atom. The van der Waals surface area contributed by atoms with Gasteiger partial charge in [-0.15, -0.1) is 0 Å². The van der Waals surface area contributed by atoms with Crippen molar-refractivity contribution in [3.63, 3.8) is 0 Å². The highest BCUT2D eigenvalue weighted by atomic mass is 32.2. The summed E-state index contributed by atoms with van der Waals surface area (Å²) in [6.07, 6.45) is 6.63. The number of hydrogen-bond acceptors (Lipinski definition) is 5. The van der Waals surface area contributed by atoms with E-state index in [1.54, 1.807) is 0 Å². The van der Waals surface area contributed by atoms with E-state index in [2.05, 4.69) is 257 Å². The summed E-state index contributed by atoms with van der Waals surface area (Å²) < 4.78 is 0. The van der Waals surface area contributed by atoms with Gasteiger partial charge in [-0.1, -0.05) is 182 Å². The molecule has 71 heavy (non-hydrogen) atoms. The van der Waals surface area contributed by atoms with E-state index in [0.29, 0.717) is 5.92 Å². The Hall–Kier alpha value is -7.70. The number of rotatable bonds is 9. The molecule has 1 aliphatic carbocycles. The minimum Gasteiger partial charge on any atom is -0.310 e. The van der Waals surface area contributed by atoms with Crippen molar-refractivity contribution in [1.82, 2.24) is 0 Å². The van der Waals surface area contributed by atoms with Gasteiger partial charge in [-0.2, -0.15) is 0 Å². The molecular formula is C66H51N3S2. The predicted molar refractivity (Wildman–Crippen MR) is 301 cm³/mol. The number of benzene rings is 10. The third-order valence-electron chi connectivity index (χ3n) is 14.4. The third kappa shape index (κ3) is 8.39. The van der Waals surface area contributed by atoms with Gasteiger partial charge in [0.15, 0.2) is 0 Å². The van der Waals surface area contributed by atoms with Gasteiger partial charge < -0.3 is 14.7 Å². The lowest BCUT2D eigenvalue weighted by molar-refractivity contribution is 0.444. The monoisotopic (exact) mass is 949 g/mol. The zero-order chi connectivity index (χ0) is 47.1. The van der Waals surface area contributed by atoms with Gasteiger partial charge in [0.2, 0.25) is 0 Å². The van der Waals surface area contributed by atoms with E-state index in [9.17, 15) is 0 Å². The third-order valence-corrected chi connectivity index (χ3v) is 16.6. The molecule has 0 radical (unpaired) electrons. The summed E-state index contributed by atoms with van der Waals surface area (Å²) >= 11 is 3.70. The van der Waals surface area contributed by atoms with Crippen molar-refractivity contribution in [2.45, 2.75) is 57.6 Å². The van der Waals surface area contributed by atoms with E-state index in [1.165, 1.54) is 113 Å². The molecule has 0 unspecified atom stereocenters. The van der Waals surface area contributed by atoms with Crippen molar-refractivity contribution >= 4 is 74.7 Å². The minimum absolute atomic E-state index is 0.666. The molecule has 2 aliphatic heterocycles. The zero-order valence-electron chi connectivity index (χ0n) is 39.4. The summed E-state index contributed by atoms with van der Waals surface area (Å²) in [6, 6.07) is 89.5. The van der Waals surface area contributed by atoms with Gasteiger partial charge in [0.1, 0.15) is 0 Å². The number of fused-ring (bicyclic) bond motifs is 4. The molecule has 0 spiro atoms. The molecule has 0 aromatic heterocycles. The van der Waals surface area contributed by atoms with Crippen LogP contribution >= 0.6 is 23.5 Å². The standard InChI is InChI=1S/C66H51N3S2/c1-4-16-46(17-5-1)50-20-14-21-51(42-50)48-30-35-55(36-31-48)67(56-37-32-49(33-38-56)53-34-40-61-65(44-53)70-63-28-12-10-26-59(63)68(61)54-23-8-3-9-24-54)58-39-41-62-66(45-58)71-64-29-13-11-27-60(64)69(62)57-25-15-22-52(43-57)47-18-6-2-7-19-47/h2-3,6-15,18-46H,1,4-5,16-17H2. The van der Waals surface area contributed by atoms with Crippen LogP contribution in [0.25, 0.3) is 33.4 Å². The van der Waals surface area contributed by atoms with Crippen LogP contribution in [0.15, 0.2) is 262 Å². The molecule has 3 nitrogen and oxygen atoms in total. The largest absolute Gasteiger partial charge is 0.310 e. The summed E-state index contributed by atoms with van der Waals surface area (Å²) in [6.45, 7) is 0. The smallest absolute Gasteiger partial charge is 0.0603 e. The van der Waals surface area contributed by atoms with Gasteiger partial charge in [0.05, 0.1) is 22.7 Å². The lowest BCUT2D eigenvalue weighted by Gasteiger charge is -2.34. The summed E-state index contributed by atoms with van der Waals surface area (Å²) in [5.74, 6) is 0.666. The fraction of sp³-hybridized carbons (Fsp3) is 0.0909. The Labute approximate surface area is 426 Å². The first-order valence-corrected chi connectivity index (χ1v) is 26.6. The molecule has 1 fully saturated rings. The van der Waals surface area contributed by atoms with Crippen molar-refractivity contribution in [2.75, 3.05) is 14.7 Å². The fourth-order valence-electron chi connectivity index (χ4n) is 10.9. The molecule has 0 amide bonds. The molecular weight excluding hydrogens is 899 g/mol. The van der Waals surface area contributed by atoms with Crippen LogP contribution in [0.2, 0.25) is 0 Å². The second-order valence-electron chi connectivity index (χ2n) is 18.8. The van der Waals surface area contributed by atoms with Crippen molar-refractivity contribution < 1.29 is 0 Å². The molecule has 0 bridgehead atoms. The highest BCUT2D eigenvalue weighted by molar-refractivity contribution is 8.00. The number of anilines is 9. The summed E-state index contributed by atoms with van der Waals surface area (Å²) in [5.41, 5.74) is 19.2.